The lowest BCUT2D eigenvalue weighted by molar-refractivity contribution is 0.0596. The molecule has 1 aromatic heterocycles. The van der Waals surface area contributed by atoms with Crippen LogP contribution >= 0.6 is 11.8 Å². The smallest absolute Gasteiger partial charge is 0.345 e. The Morgan fingerprint density at radius 1 is 1.50 bits per heavy atom. The first-order chi connectivity index (χ1) is 10.5. The van der Waals surface area contributed by atoms with Gasteiger partial charge in [0, 0.05) is 25.0 Å². The quantitative estimate of drug-likeness (QED) is 0.469. The average molecular weight is 326 g/mol. The topological polar surface area (TPSA) is 70.4 Å². The van der Waals surface area contributed by atoms with Crippen molar-refractivity contribution in [3.8, 4) is 0 Å². The second kappa shape index (κ2) is 7.78. The Morgan fingerprint density at radius 3 is 2.77 bits per heavy atom. The van der Waals surface area contributed by atoms with E-state index in [-0.39, 0.29) is 17.2 Å². The summed E-state index contributed by atoms with van der Waals surface area (Å²) in [7, 11) is 1.26. The molecule has 2 rings (SSSR count). The summed E-state index contributed by atoms with van der Waals surface area (Å²) in [5, 5.41) is 0.652. The zero-order valence-corrected chi connectivity index (χ0v) is 14.0. The summed E-state index contributed by atoms with van der Waals surface area (Å²) in [5.41, 5.74) is -0.363. The van der Waals surface area contributed by atoms with Crippen LogP contribution in [0, 0.1) is 5.92 Å². The van der Waals surface area contributed by atoms with E-state index in [0.717, 1.165) is 31.8 Å². The van der Waals surface area contributed by atoms with E-state index in [2.05, 4.69) is 9.72 Å². The van der Waals surface area contributed by atoms with Crippen molar-refractivity contribution in [2.45, 2.75) is 37.9 Å². The second-order valence-electron chi connectivity index (χ2n) is 5.58. The number of rotatable bonds is 5. The van der Waals surface area contributed by atoms with E-state index >= 15 is 0 Å². The van der Waals surface area contributed by atoms with Gasteiger partial charge in [0.15, 0.2) is 5.16 Å². The van der Waals surface area contributed by atoms with Gasteiger partial charge in [-0.15, -0.1) is 0 Å². The predicted octanol–water partition coefficient (Wildman–Crippen LogP) is 2.13. The summed E-state index contributed by atoms with van der Waals surface area (Å²) >= 11 is 1.57. The van der Waals surface area contributed by atoms with Crippen molar-refractivity contribution in [1.29, 1.82) is 0 Å². The first-order valence-electron chi connectivity index (χ1n) is 7.45. The molecule has 0 amide bonds. The van der Waals surface area contributed by atoms with Crippen LogP contribution in [0.3, 0.4) is 0 Å². The Morgan fingerprint density at radius 2 is 2.18 bits per heavy atom. The summed E-state index contributed by atoms with van der Waals surface area (Å²) in [4.78, 5) is 28.4. The summed E-state index contributed by atoms with van der Waals surface area (Å²) < 4.78 is 11.6. The molecule has 6 nitrogen and oxygen atoms in total. The fraction of sp³-hybridized carbons (Fsp3) is 0.667. The van der Waals surface area contributed by atoms with Crippen LogP contribution in [0.2, 0.25) is 0 Å². The van der Waals surface area contributed by atoms with Crippen LogP contribution in [0.1, 0.15) is 43.1 Å². The Hall–Kier alpha value is -1.34. The van der Waals surface area contributed by atoms with Crippen molar-refractivity contribution >= 4 is 17.7 Å². The van der Waals surface area contributed by atoms with Gasteiger partial charge in [-0.2, -0.15) is 0 Å². The predicted molar refractivity (Wildman–Crippen MR) is 84.5 cm³/mol. The molecule has 0 spiro atoms. The number of esters is 1. The number of hydrogen-bond acceptors (Lipinski definition) is 6. The lowest BCUT2D eigenvalue weighted by atomic mass is 10.0. The molecule has 1 aliphatic heterocycles. The number of methoxy groups -OCH3 is 1. The van der Waals surface area contributed by atoms with Gasteiger partial charge in [0.25, 0.3) is 5.56 Å². The highest BCUT2D eigenvalue weighted by Gasteiger charge is 2.20. The Bertz CT molecular complexity index is 579. The number of carbonyl (C=O) groups is 1. The van der Waals surface area contributed by atoms with E-state index in [9.17, 15) is 9.59 Å². The Kier molecular flexibility index (Phi) is 6.02. The molecule has 1 saturated heterocycles. The molecule has 0 atom stereocenters. The van der Waals surface area contributed by atoms with E-state index < -0.39 is 5.97 Å². The van der Waals surface area contributed by atoms with Crippen molar-refractivity contribution in [2.75, 3.05) is 26.1 Å². The molecule has 0 radical (unpaired) electrons. The van der Waals surface area contributed by atoms with Crippen LogP contribution in [-0.4, -0.2) is 41.6 Å². The minimum Gasteiger partial charge on any atom is -0.465 e. The van der Waals surface area contributed by atoms with Gasteiger partial charge in [-0.3, -0.25) is 9.36 Å². The number of aromatic nitrogens is 2. The molecule has 7 heteroatoms. The number of carbonyl (C=O) groups excluding carboxylic acids is 1. The van der Waals surface area contributed by atoms with Crippen molar-refractivity contribution < 1.29 is 14.3 Å². The van der Waals surface area contributed by atoms with Crippen LogP contribution in [0.25, 0.3) is 0 Å². The van der Waals surface area contributed by atoms with E-state index in [0.29, 0.717) is 11.1 Å². The van der Waals surface area contributed by atoms with Gasteiger partial charge in [0.2, 0.25) is 0 Å². The fourth-order valence-electron chi connectivity index (χ4n) is 2.37. The third-order valence-electron chi connectivity index (χ3n) is 3.67. The zero-order chi connectivity index (χ0) is 16.1. The third-order valence-corrected chi connectivity index (χ3v) is 4.87. The molecular weight excluding hydrogens is 304 g/mol. The minimum absolute atomic E-state index is 0.0217. The number of hydrogen-bond donors (Lipinski definition) is 0. The van der Waals surface area contributed by atoms with Crippen LogP contribution in [0.15, 0.2) is 16.1 Å². The van der Waals surface area contributed by atoms with Gasteiger partial charge in [0.1, 0.15) is 5.56 Å². The molecule has 1 fully saturated rings. The van der Waals surface area contributed by atoms with Crippen LogP contribution in [-0.2, 0) is 9.47 Å². The molecule has 0 saturated carbocycles. The molecule has 1 aliphatic rings. The average Bonchev–Trinajstić information content (AvgIpc) is 2.52. The van der Waals surface area contributed by atoms with Crippen molar-refractivity contribution in [2.24, 2.45) is 5.92 Å². The Balaban J connectivity index is 2.21. The normalized spacial score (nSPS) is 16.0. The maximum absolute atomic E-state index is 12.5. The van der Waals surface area contributed by atoms with E-state index in [4.69, 9.17) is 4.74 Å². The molecule has 22 heavy (non-hydrogen) atoms. The van der Waals surface area contributed by atoms with Crippen LogP contribution in [0.4, 0.5) is 0 Å². The van der Waals surface area contributed by atoms with E-state index in [1.54, 1.807) is 16.3 Å². The van der Waals surface area contributed by atoms with Crippen LogP contribution < -0.4 is 5.56 Å². The van der Waals surface area contributed by atoms with Gasteiger partial charge >= 0.3 is 5.97 Å². The standard InChI is InChI=1S/C15H22N2O4S/c1-10(2)17-13(18)12(14(19)20-3)8-16-15(17)22-9-11-4-6-21-7-5-11/h8,10-11H,4-7,9H2,1-3H3. The lowest BCUT2D eigenvalue weighted by Crippen LogP contribution is -2.30. The maximum atomic E-state index is 12.5. The molecule has 0 aromatic carbocycles. The highest BCUT2D eigenvalue weighted by molar-refractivity contribution is 7.99. The number of ether oxygens (including phenoxy) is 2. The zero-order valence-electron chi connectivity index (χ0n) is 13.2. The van der Waals surface area contributed by atoms with Crippen molar-refractivity contribution in [3.05, 3.63) is 22.1 Å². The van der Waals surface area contributed by atoms with Gasteiger partial charge < -0.3 is 9.47 Å². The first kappa shape index (κ1) is 17.0. The molecule has 0 bridgehead atoms. The second-order valence-corrected chi connectivity index (χ2v) is 6.57. The highest BCUT2D eigenvalue weighted by Crippen LogP contribution is 2.25. The number of thioether (sulfide) groups is 1. The summed E-state index contributed by atoms with van der Waals surface area (Å²) in [6.07, 6.45) is 3.40. The molecule has 2 heterocycles. The highest BCUT2D eigenvalue weighted by atomic mass is 32.2. The third kappa shape index (κ3) is 3.89. The molecule has 1 aromatic rings. The molecule has 122 valence electrons. The minimum atomic E-state index is -0.645. The van der Waals surface area contributed by atoms with Gasteiger partial charge in [-0.05, 0) is 32.6 Å². The monoisotopic (exact) mass is 326 g/mol. The SMILES string of the molecule is COC(=O)c1cnc(SCC2CCOCC2)n(C(C)C)c1=O. The van der Waals surface area contributed by atoms with Crippen LogP contribution in [0.5, 0.6) is 0 Å². The fourth-order valence-corrected chi connectivity index (χ4v) is 3.65. The Labute approximate surface area is 134 Å². The van der Waals surface area contributed by atoms with Gasteiger partial charge in [0.05, 0.1) is 13.3 Å². The summed E-state index contributed by atoms with van der Waals surface area (Å²) in [6.45, 7) is 5.42. The molecular formula is C15H22N2O4S. The maximum Gasteiger partial charge on any atom is 0.345 e. The number of nitrogens with zero attached hydrogens (tertiary/aromatic N) is 2. The van der Waals surface area contributed by atoms with E-state index in [1.165, 1.54) is 13.3 Å². The van der Waals surface area contributed by atoms with E-state index in [1.807, 2.05) is 13.8 Å². The lowest BCUT2D eigenvalue weighted by Gasteiger charge is -2.22. The van der Waals surface area contributed by atoms with Crippen molar-refractivity contribution in [3.63, 3.8) is 0 Å². The molecule has 0 unspecified atom stereocenters. The summed E-state index contributed by atoms with van der Waals surface area (Å²) in [6, 6.07) is -0.0678. The largest absolute Gasteiger partial charge is 0.465 e. The van der Waals surface area contributed by atoms with Gasteiger partial charge in [-0.1, -0.05) is 11.8 Å². The first-order valence-corrected chi connectivity index (χ1v) is 8.43. The molecule has 0 N–H and O–H groups in total. The summed E-state index contributed by atoms with van der Waals surface area (Å²) in [5.74, 6) is 0.838. The molecule has 0 aliphatic carbocycles. The van der Waals surface area contributed by atoms with Crippen molar-refractivity contribution in [1.82, 2.24) is 9.55 Å². The van der Waals surface area contributed by atoms with Gasteiger partial charge in [-0.25, -0.2) is 9.78 Å².